The molecule has 1 aromatic heterocycles. The molecule has 0 unspecified atom stereocenters. The monoisotopic (exact) mass is 518 g/mol. The number of para-hydroxylation sites is 1. The van der Waals surface area contributed by atoms with Crippen molar-refractivity contribution in [1.29, 1.82) is 0 Å². The molecule has 1 fully saturated rings. The van der Waals surface area contributed by atoms with Crippen molar-refractivity contribution in [3.8, 4) is 0 Å². The summed E-state index contributed by atoms with van der Waals surface area (Å²) in [6.45, 7) is 1.23. The molecule has 0 radical (unpaired) electrons. The van der Waals surface area contributed by atoms with Crippen LogP contribution in [0.1, 0.15) is 25.7 Å². The van der Waals surface area contributed by atoms with Crippen molar-refractivity contribution < 1.29 is 8.42 Å². The van der Waals surface area contributed by atoms with E-state index in [9.17, 15) is 8.42 Å². The van der Waals surface area contributed by atoms with Gasteiger partial charge in [-0.3, -0.25) is 0 Å². The van der Waals surface area contributed by atoms with Gasteiger partial charge >= 0.3 is 0 Å². The second kappa shape index (κ2) is 10.5. The van der Waals surface area contributed by atoms with Gasteiger partial charge in [0, 0.05) is 49.0 Å². The molecule has 3 aromatic carbocycles. The zero-order valence-electron chi connectivity index (χ0n) is 21.3. The average Bonchev–Trinajstić information content (AvgIpc) is 2.90. The average molecular weight is 519 g/mol. The first-order valence-electron chi connectivity index (χ1n) is 12.8. The van der Waals surface area contributed by atoms with Gasteiger partial charge in [0.1, 0.15) is 5.82 Å². The Bertz CT molecular complexity index is 1510. The summed E-state index contributed by atoms with van der Waals surface area (Å²) >= 11 is 0. The molecule has 0 spiro atoms. The van der Waals surface area contributed by atoms with Gasteiger partial charge in [-0.25, -0.2) is 18.1 Å². The summed E-state index contributed by atoms with van der Waals surface area (Å²) in [6, 6.07) is 19.0. The second-order valence-electron chi connectivity index (χ2n) is 10.1. The van der Waals surface area contributed by atoms with E-state index < -0.39 is 10.0 Å². The van der Waals surface area contributed by atoms with Gasteiger partial charge in [0.15, 0.2) is 0 Å². The van der Waals surface area contributed by atoms with Gasteiger partial charge in [-0.15, -0.1) is 0 Å². The van der Waals surface area contributed by atoms with Crippen LogP contribution in [0, 0.1) is 11.8 Å². The molecule has 0 aliphatic heterocycles. The Morgan fingerprint density at radius 2 is 1.49 bits per heavy atom. The van der Waals surface area contributed by atoms with Crippen LogP contribution < -0.4 is 20.7 Å². The highest BCUT2D eigenvalue weighted by molar-refractivity contribution is 7.89. The quantitative estimate of drug-likeness (QED) is 0.312. The van der Waals surface area contributed by atoms with Crippen molar-refractivity contribution in [2.24, 2.45) is 11.8 Å². The summed E-state index contributed by atoms with van der Waals surface area (Å²) in [5.41, 5.74) is 7.93. The van der Waals surface area contributed by atoms with Crippen molar-refractivity contribution in [3.05, 3.63) is 60.7 Å². The Morgan fingerprint density at radius 1 is 0.838 bits per heavy atom. The number of benzene rings is 3. The lowest BCUT2D eigenvalue weighted by molar-refractivity contribution is 0.284. The Kier molecular flexibility index (Phi) is 7.17. The number of nitrogens with zero attached hydrogens (tertiary/aromatic N) is 3. The van der Waals surface area contributed by atoms with E-state index in [1.807, 2.05) is 73.6 Å². The van der Waals surface area contributed by atoms with Crippen LogP contribution in [0.5, 0.6) is 0 Å². The van der Waals surface area contributed by atoms with Crippen molar-refractivity contribution >= 4 is 49.2 Å². The largest absolute Gasteiger partial charge is 0.383 e. The topological polar surface area (TPSA) is 113 Å². The van der Waals surface area contributed by atoms with E-state index in [1.54, 1.807) is 6.07 Å². The van der Waals surface area contributed by atoms with E-state index in [0.29, 0.717) is 35.0 Å². The smallest absolute Gasteiger partial charge is 0.241 e. The standard InChI is InChI=1S/C28H34N6O2S/c1-34(2)25-11-5-9-22-21(25)8-6-12-26(22)37(35,36)31-18-20-15-13-19(14-16-20)17-30-28-32-24-10-4-3-7-23(24)27(29)33-28/h3-12,19-20,31H,13-18H2,1-2H3,(H3,29,30,32,33). The predicted octanol–water partition coefficient (Wildman–Crippen LogP) is 4.63. The fraction of sp³-hybridized carbons (Fsp3) is 0.357. The highest BCUT2D eigenvalue weighted by Gasteiger charge is 2.24. The number of anilines is 3. The lowest BCUT2D eigenvalue weighted by atomic mass is 9.82. The van der Waals surface area contributed by atoms with Gasteiger partial charge in [-0.1, -0.05) is 36.4 Å². The van der Waals surface area contributed by atoms with Crippen molar-refractivity contribution in [2.75, 3.05) is 43.1 Å². The number of rotatable bonds is 8. The second-order valence-corrected chi connectivity index (χ2v) is 11.8. The van der Waals surface area contributed by atoms with Crippen LogP contribution in [-0.2, 0) is 10.0 Å². The Morgan fingerprint density at radius 3 is 2.24 bits per heavy atom. The first-order valence-corrected chi connectivity index (χ1v) is 14.2. The summed E-state index contributed by atoms with van der Waals surface area (Å²) in [5.74, 6) is 1.85. The van der Waals surface area contributed by atoms with E-state index in [-0.39, 0.29) is 0 Å². The minimum absolute atomic E-state index is 0.325. The minimum atomic E-state index is -3.62. The molecule has 1 saturated carbocycles. The van der Waals surface area contributed by atoms with Crippen LogP contribution in [0.15, 0.2) is 65.6 Å². The Balaban J connectivity index is 1.16. The lowest BCUT2D eigenvalue weighted by Crippen LogP contribution is -2.32. The fourth-order valence-corrected chi connectivity index (χ4v) is 6.59. The Hall–Kier alpha value is -3.43. The third kappa shape index (κ3) is 5.47. The molecule has 4 aromatic rings. The van der Waals surface area contributed by atoms with Gasteiger partial charge in [0.05, 0.1) is 10.4 Å². The van der Waals surface area contributed by atoms with Crippen molar-refractivity contribution in [3.63, 3.8) is 0 Å². The number of hydrogen-bond donors (Lipinski definition) is 3. The van der Waals surface area contributed by atoms with Gasteiger partial charge in [-0.2, -0.15) is 4.98 Å². The van der Waals surface area contributed by atoms with Crippen LogP contribution in [0.25, 0.3) is 21.7 Å². The maximum atomic E-state index is 13.3. The molecule has 8 nitrogen and oxygen atoms in total. The van der Waals surface area contributed by atoms with Gasteiger partial charge in [0.2, 0.25) is 16.0 Å². The maximum absolute atomic E-state index is 13.3. The number of hydrogen-bond acceptors (Lipinski definition) is 7. The van der Waals surface area contributed by atoms with E-state index in [4.69, 9.17) is 5.73 Å². The Labute approximate surface area is 218 Å². The molecule has 1 heterocycles. The number of nitrogen functional groups attached to an aromatic ring is 1. The third-order valence-corrected chi connectivity index (χ3v) is 8.82. The summed E-state index contributed by atoms with van der Waals surface area (Å²) in [5, 5.41) is 5.89. The molecule has 0 amide bonds. The van der Waals surface area contributed by atoms with Crippen LogP contribution in [-0.4, -0.2) is 45.6 Å². The van der Waals surface area contributed by atoms with Crippen LogP contribution in [0.2, 0.25) is 0 Å². The van der Waals surface area contributed by atoms with Crippen LogP contribution >= 0.6 is 0 Å². The zero-order valence-corrected chi connectivity index (χ0v) is 22.1. The summed E-state index contributed by atoms with van der Waals surface area (Å²) < 4.78 is 29.4. The lowest BCUT2D eigenvalue weighted by Gasteiger charge is -2.28. The molecular formula is C28H34N6O2S. The summed E-state index contributed by atoms with van der Waals surface area (Å²) in [4.78, 5) is 11.3. The van der Waals surface area contributed by atoms with Crippen LogP contribution in [0.4, 0.5) is 17.5 Å². The summed E-state index contributed by atoms with van der Waals surface area (Å²) in [7, 11) is 0.305. The maximum Gasteiger partial charge on any atom is 0.241 e. The highest BCUT2D eigenvalue weighted by atomic mass is 32.2. The van der Waals surface area contributed by atoms with Gasteiger partial charge in [0.25, 0.3) is 0 Å². The minimum Gasteiger partial charge on any atom is -0.383 e. The van der Waals surface area contributed by atoms with E-state index in [2.05, 4.69) is 20.0 Å². The first kappa shape index (κ1) is 25.2. The van der Waals surface area contributed by atoms with E-state index in [0.717, 1.165) is 59.6 Å². The molecule has 5 rings (SSSR count). The SMILES string of the molecule is CN(C)c1cccc2c(S(=O)(=O)NCC3CCC(CNc4nc(N)c5ccccc5n4)CC3)cccc12. The zero-order chi connectivity index (χ0) is 26.0. The number of sulfonamides is 1. The molecule has 194 valence electrons. The molecule has 1 aliphatic carbocycles. The number of nitrogens with one attached hydrogen (secondary N) is 2. The van der Waals surface area contributed by atoms with Crippen molar-refractivity contribution in [1.82, 2.24) is 14.7 Å². The van der Waals surface area contributed by atoms with E-state index in [1.165, 1.54) is 0 Å². The number of nitrogens with two attached hydrogens (primary N) is 1. The van der Waals surface area contributed by atoms with Gasteiger partial charge in [-0.05, 0) is 61.8 Å². The predicted molar refractivity (Wildman–Crippen MR) is 151 cm³/mol. The fourth-order valence-electron chi connectivity index (χ4n) is 5.25. The number of aromatic nitrogens is 2. The molecule has 9 heteroatoms. The van der Waals surface area contributed by atoms with Gasteiger partial charge < -0.3 is 16.0 Å². The third-order valence-electron chi connectivity index (χ3n) is 7.34. The normalized spacial score (nSPS) is 18.2. The molecule has 0 saturated heterocycles. The van der Waals surface area contributed by atoms with Crippen LogP contribution in [0.3, 0.4) is 0 Å². The molecule has 37 heavy (non-hydrogen) atoms. The summed E-state index contributed by atoms with van der Waals surface area (Å²) in [6.07, 6.45) is 4.03. The van der Waals surface area contributed by atoms with Crippen molar-refractivity contribution in [2.45, 2.75) is 30.6 Å². The molecule has 4 N–H and O–H groups in total. The molecule has 0 atom stereocenters. The van der Waals surface area contributed by atoms with E-state index >= 15 is 0 Å². The highest BCUT2D eigenvalue weighted by Crippen LogP contribution is 2.32. The first-order chi connectivity index (χ1) is 17.8. The number of fused-ring (bicyclic) bond motifs is 2. The molecular weight excluding hydrogens is 484 g/mol. The molecule has 0 bridgehead atoms. The molecule has 1 aliphatic rings.